The molecule has 38 heteroatoms. The predicted molar refractivity (Wildman–Crippen MR) is 254 cm³/mol. The van der Waals surface area contributed by atoms with Crippen molar-refractivity contribution in [2.45, 2.75) is 0 Å². The Morgan fingerprint density at radius 1 is 0.294 bits per heavy atom. The van der Waals surface area contributed by atoms with Gasteiger partial charge in [-0.1, -0.05) is 0 Å². The van der Waals surface area contributed by atoms with Crippen molar-refractivity contribution in [1.82, 2.24) is 0 Å². The fourth-order valence-electron chi connectivity index (χ4n) is 2.25. The van der Waals surface area contributed by atoms with E-state index in [1.807, 2.05) is 0 Å². The molecule has 0 aromatic rings. The Bertz CT molecular complexity index is 909. The Kier molecular flexibility index (Phi) is 86.7. The van der Waals surface area contributed by atoms with E-state index in [-0.39, 0.29) is 124 Å². The highest BCUT2D eigenvalue weighted by molar-refractivity contribution is 7.75. The highest BCUT2D eigenvalue weighted by Gasteiger charge is 2.34. The minimum atomic E-state index is -3.00. The molecule has 0 aliphatic rings. The number of ether oxygens (including phenoxy) is 7. The van der Waals surface area contributed by atoms with E-state index in [2.05, 4.69) is 18.9 Å². The van der Waals surface area contributed by atoms with Crippen LogP contribution in [0.15, 0.2) is 0 Å². The molecule has 424 valence electrons. The number of rotatable bonds is 36. The van der Waals surface area contributed by atoms with Gasteiger partial charge in [0, 0.05) is 0 Å². The van der Waals surface area contributed by atoms with Gasteiger partial charge in [-0.25, -0.2) is 0 Å². The summed E-state index contributed by atoms with van der Waals surface area (Å²) in [4.78, 5) is 0. The molecule has 0 rings (SSSR count). The standard InChI is InChI=1S/C6H15O6P.C5H13O5P.C4H11O5P.C4H12O4P.C4H11O4P.C3H9O4P.C3H9O3P.CH3/c7-1-10-4-13(5-11-2-8)6-12-3-9;6-1-9-4-11(3-8)5-10-2-7;5-1-9-4-10(8,2-6)3-7;5-1-9(2-6,3-7)4-8;5-1-8-4-9(2-6)3-7;4-1-8(7,2-5)3-6;4-1-7(2-5)3-6;/h7-9H,1-6H2;6-8H,1-5H2;5-7H,1-4H2;5-8H,1-4H2;5-7H,1-4H2;4-6H,1-3H2;4-6H,1-3H2;1H3/q;;;+1;;;;-1. The van der Waals surface area contributed by atoms with Gasteiger partial charge in [0.2, 0.25) is 0 Å². The lowest BCUT2D eigenvalue weighted by atomic mass is 11.4. The minimum Gasteiger partial charge on any atom is -0.392 e. The molecular formula is C30H83O31P7. The second kappa shape index (κ2) is 68.5. The predicted octanol–water partition coefficient (Wildman–Crippen LogP) is -5.26. The number of aliphatic hydroxyl groups excluding tert-OH is 22. The maximum absolute atomic E-state index is 11.0. The quantitative estimate of drug-likeness (QED) is 0.0158. The van der Waals surface area contributed by atoms with Gasteiger partial charge in [-0.3, -0.25) is 0 Å². The van der Waals surface area contributed by atoms with Crippen LogP contribution in [0, 0.1) is 7.43 Å². The lowest BCUT2D eigenvalue weighted by molar-refractivity contribution is 0.00304. The van der Waals surface area contributed by atoms with Crippen LogP contribution >= 0.6 is 53.2 Å². The van der Waals surface area contributed by atoms with Gasteiger partial charge in [0.1, 0.15) is 92.9 Å². The summed E-state index contributed by atoms with van der Waals surface area (Å²) in [5.74, 6) is 0. The molecule has 0 aliphatic carbocycles. The number of hydrogen-bond acceptors (Lipinski definition) is 31. The molecule has 0 fully saturated rings. The van der Waals surface area contributed by atoms with Gasteiger partial charge in [-0.15, -0.1) is 0 Å². The van der Waals surface area contributed by atoms with Crippen LogP contribution in [0.1, 0.15) is 0 Å². The number of aliphatic hydroxyl groups is 22. The van der Waals surface area contributed by atoms with Crippen molar-refractivity contribution in [2.75, 3.05) is 187 Å². The van der Waals surface area contributed by atoms with Crippen LogP contribution in [-0.4, -0.2) is 300 Å². The molecule has 0 bridgehead atoms. The van der Waals surface area contributed by atoms with Crippen LogP contribution in [0.5, 0.6) is 0 Å². The lowest BCUT2D eigenvalue weighted by Crippen LogP contribution is -2.10. The third kappa shape index (κ3) is 61.7. The lowest BCUT2D eigenvalue weighted by Gasteiger charge is -2.15. The summed E-state index contributed by atoms with van der Waals surface area (Å²) < 4.78 is 54.0. The van der Waals surface area contributed by atoms with E-state index < -0.39 is 91.8 Å². The van der Waals surface area contributed by atoms with Crippen molar-refractivity contribution >= 4 is 53.2 Å². The van der Waals surface area contributed by atoms with Crippen LogP contribution in [0.4, 0.5) is 0 Å². The van der Waals surface area contributed by atoms with Crippen LogP contribution in [0.2, 0.25) is 0 Å². The van der Waals surface area contributed by atoms with Gasteiger partial charge in [-0.2, -0.15) is 0 Å². The molecule has 0 amide bonds. The van der Waals surface area contributed by atoms with Crippen LogP contribution < -0.4 is 0 Å². The smallest absolute Gasteiger partial charge is 0.161 e. The van der Waals surface area contributed by atoms with Crippen molar-refractivity contribution in [1.29, 1.82) is 0 Å². The molecule has 0 spiro atoms. The maximum atomic E-state index is 11.0. The zero-order valence-electron chi connectivity index (χ0n) is 38.1. The average Bonchev–Trinajstić information content (AvgIpc) is 3.38. The minimum absolute atomic E-state index is 0. The molecular weight excluding hydrogens is 1070 g/mol. The van der Waals surface area contributed by atoms with Gasteiger partial charge in [0.15, 0.2) is 39.7 Å². The van der Waals surface area contributed by atoms with E-state index in [9.17, 15) is 9.13 Å². The third-order valence-electron chi connectivity index (χ3n) is 6.30. The summed E-state index contributed by atoms with van der Waals surface area (Å²) in [6.07, 6.45) is -3.06. The normalized spacial score (nSPS) is 11.1. The first kappa shape index (κ1) is 86.2. The van der Waals surface area contributed by atoms with Crippen molar-refractivity contribution < 1.29 is 155 Å². The first-order chi connectivity index (χ1) is 32.0. The Hall–Kier alpha value is 1.45. The molecule has 0 atom stereocenters. The van der Waals surface area contributed by atoms with Gasteiger partial charge >= 0.3 is 0 Å². The first-order valence-corrected chi connectivity index (χ1v) is 33.0. The Balaban J connectivity index is -0.000000104. The molecule has 0 heterocycles. The van der Waals surface area contributed by atoms with E-state index in [1.165, 1.54) is 0 Å². The summed E-state index contributed by atoms with van der Waals surface area (Å²) >= 11 is 0. The molecule has 0 saturated carbocycles. The summed E-state index contributed by atoms with van der Waals surface area (Å²) in [7, 11) is -11.4. The molecule has 22 N–H and O–H groups in total. The van der Waals surface area contributed by atoms with Crippen molar-refractivity contribution in [2.24, 2.45) is 0 Å². The molecule has 0 saturated heterocycles. The summed E-state index contributed by atoms with van der Waals surface area (Å²) in [6.45, 7) is -2.65. The molecule has 31 nitrogen and oxygen atoms in total. The van der Waals surface area contributed by atoms with Gasteiger partial charge < -0.3 is 162 Å². The van der Waals surface area contributed by atoms with Crippen molar-refractivity contribution in [3.8, 4) is 0 Å². The Morgan fingerprint density at radius 3 is 0.662 bits per heavy atom. The van der Waals surface area contributed by atoms with Crippen molar-refractivity contribution in [3.63, 3.8) is 0 Å². The topological polar surface area (TPSA) is 544 Å². The molecule has 0 radical (unpaired) electrons. The van der Waals surface area contributed by atoms with Crippen molar-refractivity contribution in [3.05, 3.63) is 7.43 Å². The second-order valence-corrected chi connectivity index (χ2v) is 29.8. The summed E-state index contributed by atoms with van der Waals surface area (Å²) in [6, 6.07) is 0. The molecule has 0 aromatic carbocycles. The Morgan fingerprint density at radius 2 is 0.515 bits per heavy atom. The molecule has 0 unspecified atom stereocenters. The highest BCUT2D eigenvalue weighted by atomic mass is 31.2. The third-order valence-corrected chi connectivity index (χ3v) is 17.6. The van der Waals surface area contributed by atoms with Gasteiger partial charge in [0.25, 0.3) is 0 Å². The number of hydrogen-bond donors (Lipinski definition) is 22. The first-order valence-electron chi connectivity index (χ1n) is 18.3. The summed E-state index contributed by atoms with van der Waals surface area (Å²) in [5, 5.41) is 184. The monoisotopic (exact) mass is 1160 g/mol. The van der Waals surface area contributed by atoms with E-state index in [4.69, 9.17) is 127 Å². The fourth-order valence-corrected chi connectivity index (χ4v) is 6.74. The van der Waals surface area contributed by atoms with Crippen LogP contribution in [-0.2, 0) is 42.3 Å². The van der Waals surface area contributed by atoms with Gasteiger partial charge in [0.05, 0.1) is 76.2 Å². The van der Waals surface area contributed by atoms with E-state index in [1.54, 1.807) is 0 Å². The maximum Gasteiger partial charge on any atom is 0.161 e. The van der Waals surface area contributed by atoms with E-state index >= 15 is 0 Å². The fraction of sp³-hybridized carbons (Fsp3) is 0.967. The Labute approximate surface area is 401 Å². The zero-order valence-corrected chi connectivity index (χ0v) is 44.4. The van der Waals surface area contributed by atoms with Crippen LogP contribution in [0.25, 0.3) is 0 Å². The SMILES string of the molecule is O=P(CO)(CO)CO.O=P(CO)(CO)COCO.OCOCP(CO)CO.OCOCP(CO)COCO.OCOCP(COCO)COCO.OCP(CO)CO.OC[P+](CO)(CO)CO.[CH3-]. The highest BCUT2D eigenvalue weighted by Crippen LogP contribution is 2.54. The van der Waals surface area contributed by atoms with Crippen LogP contribution in [0.3, 0.4) is 0 Å². The van der Waals surface area contributed by atoms with E-state index in [0.717, 1.165) is 0 Å². The molecule has 0 aliphatic heterocycles. The zero-order chi connectivity index (χ0) is 53.3. The van der Waals surface area contributed by atoms with Gasteiger partial charge in [-0.05, 0) is 31.7 Å². The molecule has 0 aromatic heterocycles. The molecule has 68 heavy (non-hydrogen) atoms. The summed E-state index contributed by atoms with van der Waals surface area (Å²) in [5.41, 5.74) is 0. The van der Waals surface area contributed by atoms with E-state index in [0.29, 0.717) is 31.7 Å². The second-order valence-electron chi connectivity index (χ2n) is 11.5. The average molecular weight is 1160 g/mol. The largest absolute Gasteiger partial charge is 0.392 e.